The van der Waals surface area contributed by atoms with E-state index in [0.29, 0.717) is 35.5 Å². The van der Waals surface area contributed by atoms with E-state index >= 15 is 0 Å². The standard InChI is InChI=1S/C31H35FN4O3/c1-31(2,3)39-30(38)33-16-15-20-7-6-8-22(17-20)28(34-24-12-9-21(10-13-24)19-36(4)5)27-25-14-11-23(32)18-26(25)35-29(27)37/h6-14,17-18,34H,15-16,19H2,1-5H3,(H,33,38)(H,35,37)/b28-27-. The van der Waals surface area contributed by atoms with Crippen molar-refractivity contribution in [3.05, 3.63) is 94.8 Å². The molecular weight excluding hydrogens is 495 g/mol. The zero-order valence-corrected chi connectivity index (χ0v) is 23.0. The van der Waals surface area contributed by atoms with E-state index in [9.17, 15) is 14.0 Å². The van der Waals surface area contributed by atoms with Crippen LogP contribution in [0.1, 0.15) is 43.0 Å². The van der Waals surface area contributed by atoms with Crippen molar-refractivity contribution >= 4 is 34.6 Å². The van der Waals surface area contributed by atoms with Crippen LogP contribution in [0.2, 0.25) is 0 Å². The van der Waals surface area contributed by atoms with Crippen LogP contribution in [0.5, 0.6) is 0 Å². The van der Waals surface area contributed by atoms with E-state index in [2.05, 4.69) is 20.9 Å². The summed E-state index contributed by atoms with van der Waals surface area (Å²) in [4.78, 5) is 27.3. The SMILES string of the molecule is CN(C)Cc1ccc(N/C(=C2\C(=O)Nc3cc(F)ccc32)c2cccc(CCNC(=O)OC(C)(C)C)c2)cc1. The van der Waals surface area contributed by atoms with Gasteiger partial charge in [-0.15, -0.1) is 0 Å². The molecule has 0 radical (unpaired) electrons. The molecule has 3 aromatic carbocycles. The van der Waals surface area contributed by atoms with E-state index in [4.69, 9.17) is 4.74 Å². The Bertz CT molecular complexity index is 1390. The second-order valence-corrected chi connectivity index (χ2v) is 10.8. The molecule has 0 bridgehead atoms. The third-order valence-corrected chi connectivity index (χ3v) is 6.00. The predicted molar refractivity (Wildman–Crippen MR) is 154 cm³/mol. The maximum atomic E-state index is 13.9. The predicted octanol–water partition coefficient (Wildman–Crippen LogP) is 5.89. The quantitative estimate of drug-likeness (QED) is 0.317. The highest BCUT2D eigenvalue weighted by atomic mass is 19.1. The Balaban J connectivity index is 1.65. The summed E-state index contributed by atoms with van der Waals surface area (Å²) in [5.74, 6) is -0.722. The number of ether oxygens (including phenoxy) is 1. The van der Waals surface area contributed by atoms with Crippen molar-refractivity contribution < 1.29 is 18.7 Å². The number of hydrogen-bond acceptors (Lipinski definition) is 5. The lowest BCUT2D eigenvalue weighted by molar-refractivity contribution is -0.110. The molecule has 0 aromatic heterocycles. The number of rotatable bonds is 8. The molecule has 8 heteroatoms. The summed E-state index contributed by atoms with van der Waals surface area (Å²) in [5.41, 5.74) is 5.30. The number of anilines is 2. The number of halogens is 1. The molecule has 0 saturated heterocycles. The van der Waals surface area contributed by atoms with Gasteiger partial charge in [0.2, 0.25) is 0 Å². The van der Waals surface area contributed by atoms with Crippen LogP contribution in [0.15, 0.2) is 66.7 Å². The van der Waals surface area contributed by atoms with Gasteiger partial charge in [0.25, 0.3) is 5.91 Å². The van der Waals surface area contributed by atoms with Crippen LogP contribution in [-0.2, 0) is 22.5 Å². The van der Waals surface area contributed by atoms with Gasteiger partial charge in [-0.05, 0) is 94.4 Å². The highest BCUT2D eigenvalue weighted by Gasteiger charge is 2.29. The third-order valence-electron chi connectivity index (χ3n) is 6.00. The summed E-state index contributed by atoms with van der Waals surface area (Å²) in [7, 11) is 4.04. The van der Waals surface area contributed by atoms with Crippen LogP contribution in [0, 0.1) is 5.82 Å². The Kier molecular flexibility index (Phi) is 8.35. The number of fused-ring (bicyclic) bond motifs is 1. The van der Waals surface area contributed by atoms with E-state index in [1.54, 1.807) is 6.07 Å². The van der Waals surface area contributed by atoms with Crippen molar-refractivity contribution in [3.8, 4) is 0 Å². The highest BCUT2D eigenvalue weighted by Crippen LogP contribution is 2.38. The lowest BCUT2D eigenvalue weighted by atomic mass is 9.98. The van der Waals surface area contributed by atoms with Crippen LogP contribution in [-0.4, -0.2) is 43.1 Å². The van der Waals surface area contributed by atoms with Gasteiger partial charge in [0, 0.05) is 24.3 Å². The van der Waals surface area contributed by atoms with E-state index in [0.717, 1.165) is 23.4 Å². The molecule has 0 unspecified atom stereocenters. The largest absolute Gasteiger partial charge is 0.444 e. The van der Waals surface area contributed by atoms with Crippen LogP contribution in [0.25, 0.3) is 11.3 Å². The summed E-state index contributed by atoms with van der Waals surface area (Å²) in [5, 5.41) is 9.03. The van der Waals surface area contributed by atoms with Crippen molar-refractivity contribution in [1.82, 2.24) is 10.2 Å². The molecule has 0 fully saturated rings. The van der Waals surface area contributed by atoms with E-state index < -0.39 is 17.5 Å². The van der Waals surface area contributed by atoms with Gasteiger partial charge in [-0.3, -0.25) is 4.79 Å². The monoisotopic (exact) mass is 530 g/mol. The smallest absolute Gasteiger partial charge is 0.407 e. The normalized spacial score (nSPS) is 14.1. The number of amides is 2. The molecule has 204 valence electrons. The first-order valence-electron chi connectivity index (χ1n) is 12.9. The molecule has 0 saturated carbocycles. The Morgan fingerprint density at radius 1 is 1.00 bits per heavy atom. The number of nitrogens with zero attached hydrogens (tertiary/aromatic N) is 1. The second kappa shape index (κ2) is 11.7. The summed E-state index contributed by atoms with van der Waals surface area (Å²) < 4.78 is 19.2. The van der Waals surface area contributed by atoms with Crippen molar-refractivity contribution in [2.75, 3.05) is 31.3 Å². The minimum atomic E-state index is -0.567. The van der Waals surface area contributed by atoms with Crippen molar-refractivity contribution in [2.24, 2.45) is 0 Å². The lowest BCUT2D eigenvalue weighted by Crippen LogP contribution is -2.33. The first-order chi connectivity index (χ1) is 18.5. The molecule has 1 aliphatic rings. The molecule has 4 rings (SSSR count). The molecule has 0 aliphatic carbocycles. The van der Waals surface area contributed by atoms with Gasteiger partial charge in [0.05, 0.1) is 17.0 Å². The lowest BCUT2D eigenvalue weighted by Gasteiger charge is -2.19. The van der Waals surface area contributed by atoms with Gasteiger partial charge >= 0.3 is 6.09 Å². The number of benzene rings is 3. The first-order valence-corrected chi connectivity index (χ1v) is 12.9. The van der Waals surface area contributed by atoms with Gasteiger partial charge in [0.15, 0.2) is 0 Å². The fourth-order valence-corrected chi connectivity index (χ4v) is 4.38. The molecule has 1 aliphatic heterocycles. The molecule has 39 heavy (non-hydrogen) atoms. The first kappa shape index (κ1) is 27.9. The van der Waals surface area contributed by atoms with E-state index in [1.807, 2.05) is 83.4 Å². The van der Waals surface area contributed by atoms with Crippen molar-refractivity contribution in [3.63, 3.8) is 0 Å². The Morgan fingerprint density at radius 2 is 1.74 bits per heavy atom. The average molecular weight is 531 g/mol. The summed E-state index contributed by atoms with van der Waals surface area (Å²) >= 11 is 0. The van der Waals surface area contributed by atoms with Gasteiger partial charge in [-0.2, -0.15) is 0 Å². The van der Waals surface area contributed by atoms with Gasteiger partial charge in [-0.1, -0.05) is 30.3 Å². The molecule has 1 heterocycles. The van der Waals surface area contributed by atoms with Gasteiger partial charge in [-0.25, -0.2) is 9.18 Å². The number of carbonyl (C=O) groups excluding carboxylic acids is 2. The fourth-order valence-electron chi connectivity index (χ4n) is 4.38. The highest BCUT2D eigenvalue weighted by molar-refractivity contribution is 6.37. The van der Waals surface area contributed by atoms with Crippen LogP contribution in [0.4, 0.5) is 20.6 Å². The van der Waals surface area contributed by atoms with Crippen LogP contribution >= 0.6 is 0 Å². The van der Waals surface area contributed by atoms with Crippen LogP contribution < -0.4 is 16.0 Å². The van der Waals surface area contributed by atoms with Crippen molar-refractivity contribution in [2.45, 2.75) is 39.3 Å². The summed E-state index contributed by atoms with van der Waals surface area (Å²) in [6.07, 6.45) is 0.107. The molecule has 2 amide bonds. The van der Waals surface area contributed by atoms with Gasteiger partial charge < -0.3 is 25.6 Å². The number of alkyl carbamates (subject to hydrolysis) is 1. The van der Waals surface area contributed by atoms with Crippen LogP contribution in [0.3, 0.4) is 0 Å². The topological polar surface area (TPSA) is 82.7 Å². The molecule has 0 atom stereocenters. The third kappa shape index (κ3) is 7.45. The molecule has 7 nitrogen and oxygen atoms in total. The van der Waals surface area contributed by atoms with E-state index in [1.165, 1.54) is 17.7 Å². The molecule has 3 aromatic rings. The Morgan fingerprint density at radius 3 is 2.44 bits per heavy atom. The number of carbonyl (C=O) groups is 2. The minimum absolute atomic E-state index is 0.306. The van der Waals surface area contributed by atoms with Gasteiger partial charge in [0.1, 0.15) is 11.4 Å². The zero-order valence-electron chi connectivity index (χ0n) is 23.0. The van der Waals surface area contributed by atoms with E-state index in [-0.39, 0.29) is 5.91 Å². The summed E-state index contributed by atoms with van der Waals surface area (Å²) in [6, 6.07) is 20.1. The number of nitrogens with one attached hydrogen (secondary N) is 3. The fraction of sp³-hybridized carbons (Fsp3) is 0.290. The Labute approximate surface area is 229 Å². The zero-order chi connectivity index (χ0) is 28.2. The molecule has 3 N–H and O–H groups in total. The minimum Gasteiger partial charge on any atom is -0.444 e. The summed E-state index contributed by atoms with van der Waals surface area (Å²) in [6.45, 7) is 6.67. The Hall–Kier alpha value is -4.17. The number of hydrogen-bond donors (Lipinski definition) is 3. The van der Waals surface area contributed by atoms with Crippen molar-refractivity contribution in [1.29, 1.82) is 0 Å². The molecular formula is C31H35FN4O3. The average Bonchev–Trinajstić information content (AvgIpc) is 3.16. The second-order valence-electron chi connectivity index (χ2n) is 10.8. The molecule has 0 spiro atoms. The maximum Gasteiger partial charge on any atom is 0.407 e. The maximum absolute atomic E-state index is 13.9.